The van der Waals surface area contributed by atoms with Gasteiger partial charge in [0.05, 0.1) is 5.56 Å². The molecule has 1 aromatic heterocycles. The fourth-order valence-corrected chi connectivity index (χ4v) is 3.79. The lowest BCUT2D eigenvalue weighted by Crippen LogP contribution is -2.40. The van der Waals surface area contributed by atoms with Crippen molar-refractivity contribution in [2.24, 2.45) is 0 Å². The predicted molar refractivity (Wildman–Crippen MR) is 125 cm³/mol. The van der Waals surface area contributed by atoms with Crippen LogP contribution in [0.1, 0.15) is 29.2 Å². The smallest absolute Gasteiger partial charge is 0.357 e. The molecule has 1 unspecified atom stereocenters. The molecule has 0 saturated heterocycles. The Kier molecular flexibility index (Phi) is 8.21. The zero-order valence-electron chi connectivity index (χ0n) is 17.7. The zero-order valence-corrected chi connectivity index (χ0v) is 19.3. The summed E-state index contributed by atoms with van der Waals surface area (Å²) in [5, 5.41) is 3.52. The van der Waals surface area contributed by atoms with Crippen LogP contribution in [0.25, 0.3) is 0 Å². The first kappa shape index (κ1) is 24.9. The Balaban J connectivity index is 1.86. The number of nitrogens with zero attached hydrogens (tertiary/aromatic N) is 2. The molecule has 1 N–H and O–H groups in total. The van der Waals surface area contributed by atoms with Gasteiger partial charge in [0.1, 0.15) is 17.0 Å². The third kappa shape index (κ3) is 6.62. The monoisotopic (exact) mass is 495 g/mol. The molecule has 1 heterocycles. The molecule has 4 nitrogen and oxygen atoms in total. The molecule has 33 heavy (non-hydrogen) atoms. The number of carbonyl (C=O) groups excluding carboxylic acids is 1. The molecule has 0 aliphatic rings. The van der Waals surface area contributed by atoms with Crippen molar-refractivity contribution in [1.29, 1.82) is 0 Å². The van der Waals surface area contributed by atoms with Crippen molar-refractivity contribution in [2.45, 2.75) is 25.1 Å². The van der Waals surface area contributed by atoms with Gasteiger partial charge in [0.2, 0.25) is 5.91 Å². The van der Waals surface area contributed by atoms with E-state index in [4.69, 9.17) is 23.2 Å². The molecule has 9 heteroatoms. The molecule has 0 saturated carbocycles. The average Bonchev–Trinajstić information content (AvgIpc) is 2.79. The first-order valence-corrected chi connectivity index (χ1v) is 11.0. The summed E-state index contributed by atoms with van der Waals surface area (Å²) in [6.07, 6.45) is -3.27. The lowest BCUT2D eigenvalue weighted by atomic mass is 10.0. The van der Waals surface area contributed by atoms with Gasteiger partial charge in [-0.1, -0.05) is 53.5 Å². The number of hydrogen-bond donors (Lipinski definition) is 1. The molecule has 1 atom stereocenters. The number of carbonyl (C=O) groups is 1. The summed E-state index contributed by atoms with van der Waals surface area (Å²) in [6, 6.07) is 16.5. The molecular formula is C24H22Cl2F3N3O. The van der Waals surface area contributed by atoms with Crippen LogP contribution in [0.15, 0.2) is 66.7 Å². The number of hydrogen-bond acceptors (Lipinski definition) is 3. The molecule has 0 aliphatic heterocycles. The van der Waals surface area contributed by atoms with E-state index in [1.165, 1.54) is 12.1 Å². The summed E-state index contributed by atoms with van der Waals surface area (Å²) in [6.45, 7) is 0.412. The summed E-state index contributed by atoms with van der Waals surface area (Å²) in [7, 11) is 1.55. The highest BCUT2D eigenvalue weighted by Crippen LogP contribution is 2.30. The highest BCUT2D eigenvalue weighted by Gasteiger charge is 2.30. The topological polar surface area (TPSA) is 45.2 Å². The molecule has 3 rings (SSSR count). The number of aryl methyl sites for hydroxylation is 1. The highest BCUT2D eigenvalue weighted by molar-refractivity contribution is 6.30. The van der Waals surface area contributed by atoms with E-state index in [0.717, 1.165) is 23.3 Å². The largest absolute Gasteiger partial charge is 0.416 e. The van der Waals surface area contributed by atoms with Crippen molar-refractivity contribution in [2.75, 3.05) is 18.5 Å². The van der Waals surface area contributed by atoms with Crippen LogP contribution in [0.3, 0.4) is 0 Å². The van der Waals surface area contributed by atoms with E-state index in [9.17, 15) is 18.0 Å². The second kappa shape index (κ2) is 10.9. The van der Waals surface area contributed by atoms with E-state index in [-0.39, 0.29) is 11.1 Å². The van der Waals surface area contributed by atoms with E-state index in [0.29, 0.717) is 30.2 Å². The minimum absolute atomic E-state index is 0.242. The van der Waals surface area contributed by atoms with Crippen molar-refractivity contribution in [1.82, 2.24) is 10.3 Å². The molecule has 174 valence electrons. The molecule has 0 fully saturated rings. The summed E-state index contributed by atoms with van der Waals surface area (Å²) in [5.41, 5.74) is 0.804. The third-order valence-electron chi connectivity index (χ3n) is 5.13. The van der Waals surface area contributed by atoms with E-state index >= 15 is 0 Å². The number of amides is 1. The Bertz CT molecular complexity index is 1070. The molecule has 2 aromatic carbocycles. The Morgan fingerprint density at radius 2 is 1.70 bits per heavy atom. The van der Waals surface area contributed by atoms with Crippen molar-refractivity contribution >= 4 is 34.9 Å². The van der Waals surface area contributed by atoms with Crippen LogP contribution in [0.2, 0.25) is 10.2 Å². The quantitative estimate of drug-likeness (QED) is 0.371. The van der Waals surface area contributed by atoms with Crippen molar-refractivity contribution < 1.29 is 18.0 Å². The second-order valence-electron chi connectivity index (χ2n) is 7.38. The maximum atomic E-state index is 12.9. The number of likely N-dealkylation sites (N-methyl/N-ethyl adjacent to an activating group) is 1. The third-order valence-corrected chi connectivity index (χ3v) is 5.60. The number of rotatable bonds is 8. The second-order valence-corrected chi connectivity index (χ2v) is 8.20. The number of benzene rings is 2. The van der Waals surface area contributed by atoms with Gasteiger partial charge < -0.3 is 10.2 Å². The van der Waals surface area contributed by atoms with Crippen molar-refractivity contribution in [3.63, 3.8) is 0 Å². The van der Waals surface area contributed by atoms with Gasteiger partial charge in [-0.25, -0.2) is 4.98 Å². The van der Waals surface area contributed by atoms with Crippen LogP contribution in [0.4, 0.5) is 19.0 Å². The number of pyridine rings is 1. The molecule has 0 spiro atoms. The SMILES string of the molecule is CNC(=O)C(c1ccc(Cl)cc1)N(CCCc1ccc(C(F)(F)F)cc1)c1cccc(Cl)n1. The molecular weight excluding hydrogens is 474 g/mol. The van der Waals surface area contributed by atoms with E-state index in [1.54, 1.807) is 49.5 Å². The minimum Gasteiger partial charge on any atom is -0.357 e. The van der Waals surface area contributed by atoms with Gasteiger partial charge in [-0.15, -0.1) is 0 Å². The number of nitrogens with one attached hydrogen (secondary N) is 1. The maximum absolute atomic E-state index is 12.9. The standard InChI is InChI=1S/C24H22Cl2F3N3O/c1-30-23(33)22(17-9-13-19(25)14-10-17)32(21-6-2-5-20(26)31-21)15-3-4-16-7-11-18(12-8-16)24(27,28)29/h2,5-14,22H,3-4,15H2,1H3,(H,30,33). The Morgan fingerprint density at radius 1 is 1.03 bits per heavy atom. The summed E-state index contributed by atoms with van der Waals surface area (Å²) < 4.78 is 38.4. The van der Waals surface area contributed by atoms with Gasteiger partial charge in [0.15, 0.2) is 0 Å². The van der Waals surface area contributed by atoms with Crippen LogP contribution in [0, 0.1) is 0 Å². The van der Waals surface area contributed by atoms with Crippen LogP contribution in [-0.2, 0) is 17.4 Å². The highest BCUT2D eigenvalue weighted by atomic mass is 35.5. The zero-order chi connectivity index (χ0) is 24.0. The fraction of sp³-hybridized carbons (Fsp3) is 0.250. The predicted octanol–water partition coefficient (Wildman–Crippen LogP) is 6.33. The normalized spacial score (nSPS) is 12.3. The maximum Gasteiger partial charge on any atom is 0.416 e. The van der Waals surface area contributed by atoms with E-state index < -0.39 is 17.8 Å². The van der Waals surface area contributed by atoms with Gasteiger partial charge in [-0.2, -0.15) is 13.2 Å². The van der Waals surface area contributed by atoms with Crippen LogP contribution in [0.5, 0.6) is 0 Å². The molecule has 0 aliphatic carbocycles. The molecule has 0 bridgehead atoms. The summed E-state index contributed by atoms with van der Waals surface area (Å²) >= 11 is 12.1. The van der Waals surface area contributed by atoms with Crippen molar-refractivity contribution in [3.05, 3.63) is 93.6 Å². The molecule has 0 radical (unpaired) electrons. The van der Waals surface area contributed by atoms with E-state index in [1.807, 2.05) is 4.90 Å². The number of anilines is 1. The Hall–Kier alpha value is -2.77. The summed E-state index contributed by atoms with van der Waals surface area (Å²) in [4.78, 5) is 19.1. The molecule has 3 aromatic rings. The van der Waals surface area contributed by atoms with E-state index in [2.05, 4.69) is 10.3 Å². The lowest BCUT2D eigenvalue weighted by molar-refractivity contribution is -0.137. The van der Waals surface area contributed by atoms with Gasteiger partial charge in [0, 0.05) is 18.6 Å². The van der Waals surface area contributed by atoms with Gasteiger partial charge >= 0.3 is 6.18 Å². The fourth-order valence-electron chi connectivity index (χ4n) is 3.50. The van der Waals surface area contributed by atoms with Gasteiger partial charge in [0.25, 0.3) is 0 Å². The van der Waals surface area contributed by atoms with Gasteiger partial charge in [-0.3, -0.25) is 4.79 Å². The van der Waals surface area contributed by atoms with Crippen LogP contribution < -0.4 is 10.2 Å². The first-order valence-electron chi connectivity index (χ1n) is 10.2. The van der Waals surface area contributed by atoms with Gasteiger partial charge in [-0.05, 0) is 60.4 Å². The first-order chi connectivity index (χ1) is 15.7. The average molecular weight is 496 g/mol. The summed E-state index contributed by atoms with van der Waals surface area (Å²) in [5.74, 6) is 0.270. The lowest BCUT2D eigenvalue weighted by Gasteiger charge is -2.32. The Labute approximate surface area is 200 Å². The number of aromatic nitrogens is 1. The Morgan fingerprint density at radius 3 is 2.27 bits per heavy atom. The van der Waals surface area contributed by atoms with Crippen molar-refractivity contribution in [3.8, 4) is 0 Å². The molecule has 1 amide bonds. The minimum atomic E-state index is -4.37. The van der Waals surface area contributed by atoms with Crippen LogP contribution >= 0.6 is 23.2 Å². The number of halogens is 5. The van der Waals surface area contributed by atoms with Crippen LogP contribution in [-0.4, -0.2) is 24.5 Å². The number of alkyl halides is 3.